The van der Waals surface area contributed by atoms with Crippen LogP contribution in [0.1, 0.15) is 483 Å². The smallest absolute Gasteiger partial charge is 0.305 e. The largest absolute Gasteiger partial charge is 0.466 e. The van der Waals surface area contributed by atoms with E-state index >= 15 is 0 Å². The van der Waals surface area contributed by atoms with Crippen LogP contribution in [0, 0.1) is 0 Å². The zero-order valence-electron chi connectivity index (χ0n) is 61.0. The summed E-state index contributed by atoms with van der Waals surface area (Å²) >= 11 is 0. The molecule has 0 rings (SSSR count). The van der Waals surface area contributed by atoms with Crippen LogP contribution >= 0.6 is 0 Å². The first kappa shape index (κ1) is 87.6. The monoisotopic (exact) mass is 1250 g/mol. The fourth-order valence-corrected chi connectivity index (χ4v) is 13.5. The van der Waals surface area contributed by atoms with Crippen molar-refractivity contribution in [3.63, 3.8) is 0 Å². The van der Waals surface area contributed by atoms with E-state index in [0.29, 0.717) is 19.4 Å². The predicted octanol–water partition coefficient (Wildman–Crippen LogP) is 27.4. The maximum Gasteiger partial charge on any atom is 0.305 e. The molecule has 530 valence electrons. The molecule has 6 nitrogen and oxygen atoms in total. The summed E-state index contributed by atoms with van der Waals surface area (Å²) in [5.74, 6) is -0.0290. The molecule has 0 aromatic rings. The van der Waals surface area contributed by atoms with Gasteiger partial charge in [-0.15, -0.1) is 0 Å². The minimum atomic E-state index is -0.840. The summed E-state index contributed by atoms with van der Waals surface area (Å²) in [6.07, 6.45) is 101. The average molecular weight is 1260 g/mol. The molecule has 89 heavy (non-hydrogen) atoms. The molecule has 1 amide bonds. The van der Waals surface area contributed by atoms with Crippen molar-refractivity contribution in [2.45, 2.75) is 495 Å². The van der Waals surface area contributed by atoms with Gasteiger partial charge in [-0.2, -0.15) is 0 Å². The van der Waals surface area contributed by atoms with Gasteiger partial charge >= 0.3 is 5.97 Å². The third-order valence-electron chi connectivity index (χ3n) is 19.8. The lowest BCUT2D eigenvalue weighted by atomic mass is 10.0. The van der Waals surface area contributed by atoms with Gasteiger partial charge in [0, 0.05) is 12.8 Å². The van der Waals surface area contributed by atoms with Gasteiger partial charge in [0.2, 0.25) is 5.91 Å². The summed E-state index contributed by atoms with van der Waals surface area (Å²) in [5, 5.41) is 23.2. The molecule has 0 fully saturated rings. The van der Waals surface area contributed by atoms with E-state index in [1.165, 1.54) is 417 Å². The second-order valence-corrected chi connectivity index (χ2v) is 28.8. The molecule has 0 saturated carbocycles. The number of ether oxygens (including phenoxy) is 1. The molecule has 0 radical (unpaired) electrons. The highest BCUT2D eigenvalue weighted by atomic mass is 16.5. The van der Waals surface area contributed by atoms with Gasteiger partial charge in [-0.1, -0.05) is 450 Å². The normalized spacial score (nSPS) is 12.4. The Balaban J connectivity index is 3.29. The Morgan fingerprint density at radius 1 is 0.303 bits per heavy atom. The summed E-state index contributed by atoms with van der Waals surface area (Å²) in [6, 6.07) is -0.623. The molecule has 2 unspecified atom stereocenters. The second-order valence-electron chi connectivity index (χ2n) is 28.8. The number of hydrogen-bond acceptors (Lipinski definition) is 5. The van der Waals surface area contributed by atoms with Gasteiger partial charge in [0.25, 0.3) is 0 Å². The Bertz CT molecular complexity index is 1350. The Morgan fingerprint density at radius 2 is 0.517 bits per heavy atom. The number of amides is 1. The lowest BCUT2D eigenvalue weighted by molar-refractivity contribution is -0.143. The van der Waals surface area contributed by atoms with E-state index in [1.54, 1.807) is 6.08 Å². The topological polar surface area (TPSA) is 95.9 Å². The summed E-state index contributed by atoms with van der Waals surface area (Å²) in [4.78, 5) is 24.7. The van der Waals surface area contributed by atoms with Crippen LogP contribution in [0.25, 0.3) is 0 Å². The van der Waals surface area contributed by atoms with Gasteiger partial charge in [0.15, 0.2) is 0 Å². The van der Waals surface area contributed by atoms with Gasteiger partial charge in [0.1, 0.15) is 0 Å². The highest BCUT2D eigenvalue weighted by molar-refractivity contribution is 5.76. The first-order valence-electron chi connectivity index (χ1n) is 41.5. The first-order chi connectivity index (χ1) is 44.0. The summed E-state index contributed by atoms with van der Waals surface area (Å²) in [7, 11) is 0. The van der Waals surface area contributed by atoms with E-state index in [0.717, 1.165) is 38.5 Å². The number of carbonyl (C=O) groups is 2. The van der Waals surface area contributed by atoms with E-state index < -0.39 is 12.1 Å². The number of aliphatic hydroxyl groups is 2. The minimum Gasteiger partial charge on any atom is -0.466 e. The number of allylic oxidation sites excluding steroid dienone is 1. The maximum absolute atomic E-state index is 12.5. The molecule has 0 spiro atoms. The third kappa shape index (κ3) is 75.5. The molecule has 0 aromatic heterocycles. The van der Waals surface area contributed by atoms with Crippen LogP contribution in [0.4, 0.5) is 0 Å². The van der Waals surface area contributed by atoms with E-state index in [9.17, 15) is 19.8 Å². The highest BCUT2D eigenvalue weighted by Crippen LogP contribution is 2.21. The average Bonchev–Trinajstić information content (AvgIpc) is 3.55. The molecule has 3 N–H and O–H groups in total. The quantitative estimate of drug-likeness (QED) is 0.0320. The molecule has 0 aliphatic carbocycles. The highest BCUT2D eigenvalue weighted by Gasteiger charge is 2.18. The van der Waals surface area contributed by atoms with Crippen LogP contribution < -0.4 is 5.32 Å². The van der Waals surface area contributed by atoms with E-state index in [4.69, 9.17) is 4.74 Å². The molecule has 0 aliphatic heterocycles. The lowest BCUT2D eigenvalue weighted by Gasteiger charge is -2.20. The molecule has 0 aromatic carbocycles. The Hall–Kier alpha value is -1.40. The molecule has 6 heteroatoms. The number of carbonyl (C=O) groups excluding carboxylic acids is 2. The molecular weight excluding hydrogens is 1090 g/mol. The number of hydrogen-bond donors (Lipinski definition) is 3. The second kappa shape index (κ2) is 79.0. The van der Waals surface area contributed by atoms with E-state index in [2.05, 4.69) is 19.2 Å². The van der Waals surface area contributed by atoms with Crippen molar-refractivity contribution in [2.75, 3.05) is 13.2 Å². The van der Waals surface area contributed by atoms with Crippen molar-refractivity contribution in [3.05, 3.63) is 12.2 Å². The van der Waals surface area contributed by atoms with Crippen molar-refractivity contribution < 1.29 is 24.5 Å². The van der Waals surface area contributed by atoms with Crippen molar-refractivity contribution in [2.24, 2.45) is 0 Å². The van der Waals surface area contributed by atoms with Gasteiger partial charge in [-0.25, -0.2) is 0 Å². The van der Waals surface area contributed by atoms with Crippen LogP contribution in [0.3, 0.4) is 0 Å². The lowest BCUT2D eigenvalue weighted by Crippen LogP contribution is -2.45. The molecule has 0 aliphatic rings. The van der Waals surface area contributed by atoms with Crippen LogP contribution in [0.5, 0.6) is 0 Å². The minimum absolute atomic E-state index is 0.0293. The SMILES string of the molecule is CCCCCCCCCCCCCCCC/C=C/C(O)C(CO)NC(=O)CCCCCCCCCCCCCCCCCCCCCCCCCCCCCCCCCCCCCCCOC(=O)CCCCCCCCCCCCCCCCCCCCC. The fourth-order valence-electron chi connectivity index (χ4n) is 13.5. The van der Waals surface area contributed by atoms with Crippen molar-refractivity contribution in [1.29, 1.82) is 0 Å². The van der Waals surface area contributed by atoms with E-state index in [1.807, 2.05) is 6.08 Å². The number of nitrogens with one attached hydrogen (secondary N) is 1. The first-order valence-corrected chi connectivity index (χ1v) is 41.5. The van der Waals surface area contributed by atoms with Crippen molar-refractivity contribution in [3.8, 4) is 0 Å². The number of aliphatic hydroxyl groups excluding tert-OH is 2. The summed E-state index contributed by atoms with van der Waals surface area (Å²) in [6.45, 7) is 4.97. The van der Waals surface area contributed by atoms with E-state index in [-0.39, 0.29) is 18.5 Å². The number of rotatable bonds is 79. The predicted molar refractivity (Wildman–Crippen MR) is 394 cm³/mol. The summed E-state index contributed by atoms with van der Waals surface area (Å²) in [5.41, 5.74) is 0. The standard InChI is InChI=1S/C83H163NO5/c1-3-5-7-9-11-13-15-17-19-21-41-45-49-53-57-61-65-69-73-77-83(88)89-78-74-70-66-62-58-54-50-46-43-40-38-36-34-32-30-28-26-24-22-23-25-27-29-31-33-35-37-39-42-44-48-52-56-60-64-68-72-76-82(87)84-80(79-85)81(86)75-71-67-63-59-55-51-47-20-18-16-14-12-10-8-6-4-2/h71,75,80-81,85-86H,3-70,72-74,76-79H2,1-2H3,(H,84,87)/b75-71+. The Kier molecular flexibility index (Phi) is 77.8. The number of unbranched alkanes of at least 4 members (excludes halogenated alkanes) is 68. The zero-order chi connectivity index (χ0) is 64.2. The molecule has 0 bridgehead atoms. The van der Waals surface area contributed by atoms with Gasteiger partial charge in [-0.3, -0.25) is 9.59 Å². The fraction of sp³-hybridized carbons (Fsp3) is 0.952. The Morgan fingerprint density at radius 3 is 0.764 bits per heavy atom. The molecular formula is C83H163NO5. The molecule has 0 heterocycles. The molecule has 2 atom stereocenters. The van der Waals surface area contributed by atoms with Crippen molar-refractivity contribution >= 4 is 11.9 Å². The van der Waals surface area contributed by atoms with Gasteiger partial charge < -0.3 is 20.3 Å². The molecule has 0 saturated heterocycles. The summed E-state index contributed by atoms with van der Waals surface area (Å²) < 4.78 is 5.53. The van der Waals surface area contributed by atoms with Crippen LogP contribution in [-0.4, -0.2) is 47.4 Å². The van der Waals surface area contributed by atoms with Crippen LogP contribution in [-0.2, 0) is 14.3 Å². The van der Waals surface area contributed by atoms with Crippen LogP contribution in [0.15, 0.2) is 12.2 Å². The zero-order valence-corrected chi connectivity index (χ0v) is 61.0. The Labute approximate surface area is 559 Å². The number of esters is 1. The third-order valence-corrected chi connectivity index (χ3v) is 19.8. The van der Waals surface area contributed by atoms with Crippen molar-refractivity contribution in [1.82, 2.24) is 5.32 Å². The maximum atomic E-state index is 12.5. The van der Waals surface area contributed by atoms with Crippen LogP contribution in [0.2, 0.25) is 0 Å². The van der Waals surface area contributed by atoms with Gasteiger partial charge in [-0.05, 0) is 32.1 Å². The van der Waals surface area contributed by atoms with Gasteiger partial charge in [0.05, 0.1) is 25.4 Å².